The molecule has 2 aromatic heterocycles. The van der Waals surface area contributed by atoms with E-state index >= 15 is 0 Å². The van der Waals surface area contributed by atoms with Crippen molar-refractivity contribution in [3.63, 3.8) is 0 Å². The van der Waals surface area contributed by atoms with E-state index < -0.39 is 0 Å². The summed E-state index contributed by atoms with van der Waals surface area (Å²) in [4.78, 5) is 0. The molecule has 0 saturated carbocycles. The van der Waals surface area contributed by atoms with Crippen LogP contribution in [0.4, 0.5) is 0 Å². The van der Waals surface area contributed by atoms with Crippen molar-refractivity contribution in [2.45, 2.75) is 0 Å². The Balaban J connectivity index is 1.48. The maximum absolute atomic E-state index is 6.57. The predicted octanol–water partition coefficient (Wildman–Crippen LogP) is 6.82. The van der Waals surface area contributed by atoms with Gasteiger partial charge in [0, 0.05) is 32.9 Å². The minimum atomic E-state index is 0.132. The van der Waals surface area contributed by atoms with Crippen LogP contribution < -0.4 is 21.1 Å². The molecule has 6 aromatic carbocycles. The molecule has 0 fully saturated rings. The fourth-order valence-corrected chi connectivity index (χ4v) is 7.44. The molecular weight excluding hydrogens is 487 g/mol. The zero-order valence-electron chi connectivity index (χ0n) is 21.5. The van der Waals surface area contributed by atoms with E-state index in [-0.39, 0.29) is 6.71 Å². The van der Waals surface area contributed by atoms with Gasteiger partial charge in [0.1, 0.15) is 11.5 Å². The van der Waals surface area contributed by atoms with E-state index in [4.69, 9.17) is 4.74 Å². The molecule has 0 N–H and O–H groups in total. The Morgan fingerprint density at radius 3 is 2.00 bits per heavy atom. The zero-order chi connectivity index (χ0) is 25.9. The Morgan fingerprint density at radius 2 is 1.10 bits per heavy atom. The molecule has 0 radical (unpaired) electrons. The molecular formula is C36H21BN2O. The average Bonchev–Trinajstić information content (AvgIpc) is 3.54. The van der Waals surface area contributed by atoms with Crippen LogP contribution in [0, 0.1) is 0 Å². The van der Waals surface area contributed by atoms with Crippen LogP contribution in [0.1, 0.15) is 0 Å². The third-order valence-electron chi connectivity index (χ3n) is 8.97. The predicted molar refractivity (Wildman–Crippen MR) is 166 cm³/mol. The molecule has 0 bridgehead atoms. The van der Waals surface area contributed by atoms with Gasteiger partial charge in [-0.05, 0) is 58.9 Å². The van der Waals surface area contributed by atoms with Crippen LogP contribution in [0.15, 0.2) is 127 Å². The number of rotatable bonds is 1. The summed E-state index contributed by atoms with van der Waals surface area (Å²) >= 11 is 0. The van der Waals surface area contributed by atoms with E-state index in [2.05, 4.69) is 137 Å². The quantitative estimate of drug-likeness (QED) is 0.223. The average molecular weight is 508 g/mol. The van der Waals surface area contributed by atoms with E-state index in [0.29, 0.717) is 0 Å². The van der Waals surface area contributed by atoms with Crippen molar-refractivity contribution in [2.24, 2.45) is 0 Å². The van der Waals surface area contributed by atoms with E-state index in [1.54, 1.807) is 0 Å². The second-order valence-electron chi connectivity index (χ2n) is 10.9. The Labute approximate surface area is 230 Å². The summed E-state index contributed by atoms with van der Waals surface area (Å²) in [6, 6.07) is 46.0. The summed E-state index contributed by atoms with van der Waals surface area (Å²) in [5.74, 6) is 1.90. The number of ether oxygens (including phenoxy) is 1. The Morgan fingerprint density at radius 1 is 0.450 bits per heavy atom. The monoisotopic (exact) mass is 508 g/mol. The van der Waals surface area contributed by atoms with Crippen LogP contribution in [0.25, 0.3) is 55.0 Å². The largest absolute Gasteiger partial charge is 0.458 e. The lowest BCUT2D eigenvalue weighted by atomic mass is 9.34. The van der Waals surface area contributed by atoms with Gasteiger partial charge in [-0.15, -0.1) is 0 Å². The van der Waals surface area contributed by atoms with E-state index in [0.717, 1.165) is 11.5 Å². The molecule has 2 aliphatic heterocycles. The lowest BCUT2D eigenvalue weighted by molar-refractivity contribution is 0.488. The maximum Gasteiger partial charge on any atom is 0.256 e. The normalized spacial score (nSPS) is 13.2. The van der Waals surface area contributed by atoms with Crippen molar-refractivity contribution in [2.75, 3.05) is 0 Å². The Kier molecular flexibility index (Phi) is 3.75. The van der Waals surface area contributed by atoms with Crippen LogP contribution in [-0.2, 0) is 0 Å². The summed E-state index contributed by atoms with van der Waals surface area (Å²) in [5, 5.41) is 5.06. The highest BCUT2D eigenvalue weighted by molar-refractivity contribution is 6.99. The van der Waals surface area contributed by atoms with Gasteiger partial charge in [0.25, 0.3) is 6.71 Å². The molecule has 2 aliphatic rings. The fraction of sp³-hybridized carbons (Fsp3) is 0. The first-order chi connectivity index (χ1) is 19.9. The molecule has 0 spiro atoms. The number of nitrogens with zero attached hydrogens (tertiary/aromatic N) is 2. The van der Waals surface area contributed by atoms with Gasteiger partial charge < -0.3 is 13.9 Å². The summed E-state index contributed by atoms with van der Waals surface area (Å²) in [5.41, 5.74) is 11.2. The number of aromatic nitrogens is 2. The summed E-state index contributed by atoms with van der Waals surface area (Å²) in [6.07, 6.45) is 0. The lowest BCUT2D eigenvalue weighted by Crippen LogP contribution is -2.58. The van der Waals surface area contributed by atoms with E-state index in [9.17, 15) is 0 Å². The van der Waals surface area contributed by atoms with Crippen LogP contribution in [0.2, 0.25) is 0 Å². The minimum Gasteiger partial charge on any atom is -0.458 e. The molecule has 0 unspecified atom stereocenters. The van der Waals surface area contributed by atoms with Gasteiger partial charge in [0.15, 0.2) is 0 Å². The molecule has 10 rings (SSSR count). The number of para-hydroxylation sites is 4. The SMILES string of the molecule is c1ccc(-n2c3ccccc3c3ccc4c5ccc6c7c5n(c4c32)-c2ccccc2B7c2ccccc2O6)cc1. The van der Waals surface area contributed by atoms with Crippen molar-refractivity contribution in [3.8, 4) is 22.9 Å². The van der Waals surface area contributed by atoms with Crippen LogP contribution in [0.3, 0.4) is 0 Å². The molecule has 0 atom stereocenters. The smallest absolute Gasteiger partial charge is 0.256 e. The van der Waals surface area contributed by atoms with Crippen molar-refractivity contribution >= 4 is 66.7 Å². The molecule has 184 valence electrons. The molecule has 3 nitrogen and oxygen atoms in total. The van der Waals surface area contributed by atoms with Gasteiger partial charge >= 0.3 is 0 Å². The van der Waals surface area contributed by atoms with Crippen LogP contribution in [-0.4, -0.2) is 15.8 Å². The lowest BCUT2D eigenvalue weighted by Gasteiger charge is -2.32. The van der Waals surface area contributed by atoms with Gasteiger partial charge in [-0.2, -0.15) is 0 Å². The Bertz CT molecular complexity index is 2360. The molecule has 8 aromatic rings. The van der Waals surface area contributed by atoms with Crippen LogP contribution in [0.5, 0.6) is 11.5 Å². The number of hydrogen-bond donors (Lipinski definition) is 0. The van der Waals surface area contributed by atoms with Gasteiger partial charge in [0.2, 0.25) is 0 Å². The summed E-state index contributed by atoms with van der Waals surface area (Å²) in [7, 11) is 0. The topological polar surface area (TPSA) is 19.1 Å². The van der Waals surface area contributed by atoms with Crippen molar-refractivity contribution in [1.82, 2.24) is 9.13 Å². The highest BCUT2D eigenvalue weighted by atomic mass is 16.5. The van der Waals surface area contributed by atoms with Crippen molar-refractivity contribution < 1.29 is 4.74 Å². The highest BCUT2D eigenvalue weighted by Crippen LogP contribution is 2.43. The number of benzene rings is 6. The first-order valence-corrected chi connectivity index (χ1v) is 13.8. The van der Waals surface area contributed by atoms with E-state index in [1.165, 1.54) is 71.4 Å². The standard InChI is InChI=1S/C36H21BN2O/c1-2-10-22(11-3-1)38-29-15-7-4-12-23(29)24-18-19-26-25-20-21-32-33-34(25)39(36(26)35(24)38)30-16-8-5-13-27(30)37(33)28-14-6-9-17-31(28)40-32/h1-21H. The van der Waals surface area contributed by atoms with Crippen molar-refractivity contribution in [3.05, 3.63) is 127 Å². The molecule has 4 heteroatoms. The summed E-state index contributed by atoms with van der Waals surface area (Å²) < 4.78 is 11.5. The minimum absolute atomic E-state index is 0.132. The number of hydrogen-bond acceptors (Lipinski definition) is 1. The van der Waals surface area contributed by atoms with Gasteiger partial charge in [-0.25, -0.2) is 0 Å². The molecule has 0 saturated heterocycles. The first kappa shape index (κ1) is 20.7. The third kappa shape index (κ3) is 2.39. The van der Waals surface area contributed by atoms with Crippen LogP contribution >= 0.6 is 0 Å². The first-order valence-electron chi connectivity index (χ1n) is 13.8. The van der Waals surface area contributed by atoms with Gasteiger partial charge in [-0.3, -0.25) is 0 Å². The molecule has 0 amide bonds. The number of fused-ring (bicyclic) bond motifs is 12. The van der Waals surface area contributed by atoms with Gasteiger partial charge in [-0.1, -0.05) is 84.9 Å². The molecule has 40 heavy (non-hydrogen) atoms. The van der Waals surface area contributed by atoms with Gasteiger partial charge in [0.05, 0.1) is 22.1 Å². The highest BCUT2D eigenvalue weighted by Gasteiger charge is 2.40. The Hall–Kier alpha value is -5.22. The van der Waals surface area contributed by atoms with E-state index in [1.807, 2.05) is 0 Å². The third-order valence-corrected chi connectivity index (χ3v) is 8.97. The maximum atomic E-state index is 6.57. The summed E-state index contributed by atoms with van der Waals surface area (Å²) in [6.45, 7) is 0.132. The molecule has 4 heterocycles. The van der Waals surface area contributed by atoms with Crippen molar-refractivity contribution in [1.29, 1.82) is 0 Å². The fourth-order valence-electron chi connectivity index (χ4n) is 7.44. The second kappa shape index (κ2) is 7.25. The molecule has 0 aliphatic carbocycles. The zero-order valence-corrected chi connectivity index (χ0v) is 21.5. The second-order valence-corrected chi connectivity index (χ2v) is 10.9.